The Morgan fingerprint density at radius 2 is 1.48 bits per heavy atom. The van der Waals surface area contributed by atoms with Crippen molar-refractivity contribution in [2.24, 2.45) is 0 Å². The van der Waals surface area contributed by atoms with Crippen molar-refractivity contribution in [2.45, 2.75) is 32.5 Å². The van der Waals surface area contributed by atoms with Crippen LogP contribution in [0.1, 0.15) is 62.9 Å². The minimum absolute atomic E-state index is 0.0354. The molecule has 2 aromatic rings. The van der Waals surface area contributed by atoms with E-state index in [4.69, 9.17) is 9.47 Å². The Hall–Kier alpha value is -2.96. The molecule has 3 rings (SSSR count). The van der Waals surface area contributed by atoms with Crippen LogP contribution in [0.3, 0.4) is 0 Å². The van der Waals surface area contributed by atoms with Gasteiger partial charge in [0.2, 0.25) is 0 Å². The Balaban J connectivity index is 2.49. The predicted octanol–water partition coefficient (Wildman–Crippen LogP) is 3.01. The summed E-state index contributed by atoms with van der Waals surface area (Å²) in [4.78, 5) is 26.7. The average molecular weight is 396 g/mol. The van der Waals surface area contributed by atoms with Crippen LogP contribution in [-0.4, -0.2) is 42.1 Å². The maximum absolute atomic E-state index is 13.3. The van der Waals surface area contributed by atoms with Crippen molar-refractivity contribution in [1.29, 1.82) is 0 Å². The zero-order chi connectivity index (χ0) is 21.5. The van der Waals surface area contributed by atoms with Gasteiger partial charge >= 0.3 is 0 Å². The minimum Gasteiger partial charge on any atom is -0.496 e. The zero-order valence-electron chi connectivity index (χ0n) is 16.9. The summed E-state index contributed by atoms with van der Waals surface area (Å²) in [6.07, 6.45) is -2.22. The fraction of sp³-hybridized carbons (Fsp3) is 0.304. The van der Waals surface area contributed by atoms with Crippen LogP contribution in [0.5, 0.6) is 11.5 Å². The van der Waals surface area contributed by atoms with Gasteiger partial charge in [-0.2, -0.15) is 0 Å². The van der Waals surface area contributed by atoms with E-state index in [1.54, 1.807) is 31.2 Å². The maximum Gasteiger partial charge on any atom is 0.198 e. The first kappa shape index (κ1) is 20.8. The number of fused-ring (bicyclic) bond motifs is 2. The molecule has 2 atom stereocenters. The van der Waals surface area contributed by atoms with Gasteiger partial charge in [-0.25, -0.2) is 0 Å². The quantitative estimate of drug-likeness (QED) is 0.622. The number of rotatable bonds is 6. The van der Waals surface area contributed by atoms with Crippen LogP contribution in [0.15, 0.2) is 36.4 Å². The number of hydrogen-bond donors (Lipinski definition) is 2. The van der Waals surface area contributed by atoms with Crippen LogP contribution >= 0.6 is 0 Å². The van der Waals surface area contributed by atoms with Gasteiger partial charge in [0.15, 0.2) is 11.6 Å². The summed E-state index contributed by atoms with van der Waals surface area (Å²) in [5.41, 5.74) is 2.12. The zero-order valence-corrected chi connectivity index (χ0v) is 16.9. The van der Waals surface area contributed by atoms with Crippen LogP contribution < -0.4 is 9.47 Å². The van der Waals surface area contributed by atoms with E-state index in [-0.39, 0.29) is 51.5 Å². The number of carbonyl (C=O) groups is 2. The van der Waals surface area contributed by atoms with Crippen molar-refractivity contribution in [3.05, 3.63) is 69.8 Å². The smallest absolute Gasteiger partial charge is 0.198 e. The molecule has 2 N–H and O–H groups in total. The molecular formula is C23H24O6. The second-order valence-electron chi connectivity index (χ2n) is 7.23. The van der Waals surface area contributed by atoms with Crippen molar-refractivity contribution in [2.75, 3.05) is 14.2 Å². The molecule has 2 unspecified atom stereocenters. The highest BCUT2D eigenvalue weighted by atomic mass is 16.5. The molecule has 0 saturated heterocycles. The summed E-state index contributed by atoms with van der Waals surface area (Å²) < 4.78 is 11.1. The van der Waals surface area contributed by atoms with Gasteiger partial charge in [0.25, 0.3) is 0 Å². The molecule has 0 bridgehead atoms. The van der Waals surface area contributed by atoms with Crippen molar-refractivity contribution in [3.63, 3.8) is 0 Å². The van der Waals surface area contributed by atoms with E-state index in [1.807, 2.05) is 0 Å². The van der Waals surface area contributed by atoms with E-state index in [9.17, 15) is 19.8 Å². The number of benzene rings is 2. The second-order valence-corrected chi connectivity index (χ2v) is 7.23. The third-order valence-electron chi connectivity index (χ3n) is 5.06. The monoisotopic (exact) mass is 396 g/mol. The van der Waals surface area contributed by atoms with Crippen molar-refractivity contribution in [3.8, 4) is 11.5 Å². The molecule has 0 spiro atoms. The summed E-state index contributed by atoms with van der Waals surface area (Å²) in [7, 11) is 2.77. The van der Waals surface area contributed by atoms with E-state index in [1.165, 1.54) is 21.1 Å². The Bertz CT molecular complexity index is 1020. The maximum atomic E-state index is 13.3. The lowest BCUT2D eigenvalue weighted by Crippen LogP contribution is -2.26. The first-order valence-corrected chi connectivity index (χ1v) is 9.24. The first-order chi connectivity index (χ1) is 13.7. The Morgan fingerprint density at radius 1 is 1.00 bits per heavy atom. The molecule has 0 saturated carbocycles. The van der Waals surface area contributed by atoms with Gasteiger partial charge in [0.1, 0.15) is 17.6 Å². The molecule has 1 aliphatic rings. The third-order valence-corrected chi connectivity index (χ3v) is 5.06. The van der Waals surface area contributed by atoms with Gasteiger partial charge in [0.05, 0.1) is 31.5 Å². The lowest BCUT2D eigenvalue weighted by molar-refractivity contribution is 0.0283. The van der Waals surface area contributed by atoms with Crippen LogP contribution in [0.2, 0.25) is 0 Å². The number of aliphatic hydroxyl groups excluding tert-OH is 2. The van der Waals surface area contributed by atoms with Gasteiger partial charge in [-0.1, -0.05) is 36.4 Å². The van der Waals surface area contributed by atoms with Crippen LogP contribution in [0, 0.1) is 0 Å². The summed E-state index contributed by atoms with van der Waals surface area (Å²) in [6.45, 7) is 7.15. The molecule has 0 heterocycles. The summed E-state index contributed by atoms with van der Waals surface area (Å²) in [5.74, 6) is -0.498. The number of carbonyl (C=O) groups excluding carboxylic acids is 2. The average Bonchev–Trinajstić information content (AvgIpc) is 2.69. The number of aliphatic hydroxyl groups is 2. The summed E-state index contributed by atoms with van der Waals surface area (Å²) >= 11 is 0. The summed E-state index contributed by atoms with van der Waals surface area (Å²) in [5, 5.41) is 20.8. The standard InChI is InChI=1S/C23H24O6/c1-11(2)10-15-16(19(25)12(3)24)23(29-5)18-17(22(15)28-4)20(26)13-8-6-7-9-14(13)21(18)27/h6-9,12,19,24-25H,1,10H2,2-5H3. The Kier molecular flexibility index (Phi) is 5.59. The van der Waals surface area contributed by atoms with Crippen molar-refractivity contribution in [1.82, 2.24) is 0 Å². The predicted molar refractivity (Wildman–Crippen MR) is 108 cm³/mol. The molecule has 2 aromatic carbocycles. The largest absolute Gasteiger partial charge is 0.496 e. The molecule has 6 heteroatoms. The topological polar surface area (TPSA) is 93.1 Å². The highest BCUT2D eigenvalue weighted by molar-refractivity contribution is 6.30. The molecule has 152 valence electrons. The molecule has 1 aliphatic carbocycles. The van der Waals surface area contributed by atoms with E-state index in [0.717, 1.165) is 5.57 Å². The van der Waals surface area contributed by atoms with E-state index in [2.05, 4.69) is 6.58 Å². The highest BCUT2D eigenvalue weighted by Crippen LogP contribution is 2.47. The molecule has 0 fully saturated rings. The van der Waals surface area contributed by atoms with Gasteiger partial charge in [-0.15, -0.1) is 0 Å². The number of allylic oxidation sites excluding steroid dienone is 1. The molecule has 0 amide bonds. The van der Waals surface area contributed by atoms with E-state index >= 15 is 0 Å². The molecule has 0 radical (unpaired) electrons. The first-order valence-electron chi connectivity index (χ1n) is 9.24. The lowest BCUT2D eigenvalue weighted by atomic mass is 9.78. The van der Waals surface area contributed by atoms with Crippen LogP contribution in [0.4, 0.5) is 0 Å². The van der Waals surface area contributed by atoms with Gasteiger partial charge in [-0.05, 0) is 20.3 Å². The van der Waals surface area contributed by atoms with Gasteiger partial charge < -0.3 is 19.7 Å². The molecular weight excluding hydrogens is 372 g/mol. The van der Waals surface area contributed by atoms with Crippen LogP contribution in [-0.2, 0) is 6.42 Å². The van der Waals surface area contributed by atoms with E-state index in [0.29, 0.717) is 5.56 Å². The lowest BCUT2D eigenvalue weighted by Gasteiger charge is -2.29. The molecule has 29 heavy (non-hydrogen) atoms. The molecule has 6 nitrogen and oxygen atoms in total. The Labute approximate surface area is 169 Å². The minimum atomic E-state index is -1.35. The van der Waals surface area contributed by atoms with Crippen LogP contribution in [0.25, 0.3) is 0 Å². The normalized spacial score (nSPS) is 14.7. The van der Waals surface area contributed by atoms with Gasteiger partial charge in [0, 0.05) is 22.3 Å². The second kappa shape index (κ2) is 7.81. The van der Waals surface area contributed by atoms with E-state index < -0.39 is 18.0 Å². The molecule has 0 aliphatic heterocycles. The van der Waals surface area contributed by atoms with Gasteiger partial charge in [-0.3, -0.25) is 9.59 Å². The van der Waals surface area contributed by atoms with Crippen molar-refractivity contribution < 1.29 is 29.3 Å². The summed E-state index contributed by atoms with van der Waals surface area (Å²) in [6, 6.07) is 6.55. The Morgan fingerprint density at radius 3 is 1.90 bits per heavy atom. The van der Waals surface area contributed by atoms with Crippen molar-refractivity contribution >= 4 is 11.6 Å². The SMILES string of the molecule is C=C(C)Cc1c(OC)c2c(c(OC)c1C(O)C(C)O)C(=O)c1ccccc1C2=O. The highest BCUT2D eigenvalue weighted by Gasteiger charge is 2.40. The number of ketones is 2. The number of ether oxygens (including phenoxy) is 2. The fourth-order valence-electron chi connectivity index (χ4n) is 3.82. The fourth-order valence-corrected chi connectivity index (χ4v) is 3.82. The number of hydrogen-bond acceptors (Lipinski definition) is 6. The molecule has 0 aromatic heterocycles. The third kappa shape index (κ3) is 3.24. The number of methoxy groups -OCH3 is 2.